The molecule has 1 nitrogen and oxygen atoms in total. The number of rotatable bonds is 5. The molecule has 0 saturated heterocycles. The zero-order valence-electron chi connectivity index (χ0n) is 5.91. The zero-order chi connectivity index (χ0) is 7.11. The predicted octanol–water partition coefficient (Wildman–Crippen LogP) is 1.51. The first-order valence-corrected chi connectivity index (χ1v) is 3.24. The highest BCUT2D eigenvalue weighted by molar-refractivity contribution is 4.95. The highest BCUT2D eigenvalue weighted by Crippen LogP contribution is 1.94. The van der Waals surface area contributed by atoms with Crippen LogP contribution < -0.4 is 5.32 Å². The summed E-state index contributed by atoms with van der Waals surface area (Å²) in [5.41, 5.74) is 0.944. The second-order valence-corrected chi connectivity index (χ2v) is 1.97. The van der Waals surface area contributed by atoms with Crippen LogP contribution in [0.3, 0.4) is 0 Å². The molecular weight excluding hydrogens is 117 g/mol. The van der Waals surface area contributed by atoms with Gasteiger partial charge >= 0.3 is 0 Å². The molecule has 0 fully saturated rings. The van der Waals surface area contributed by atoms with Gasteiger partial charge in [-0.05, 0) is 13.0 Å². The standard InChI is InChI=1S/C7H14FN/c1-3-9-6-7(2)4-5-8/h9H,2-6H2,1H3. The van der Waals surface area contributed by atoms with Gasteiger partial charge < -0.3 is 5.32 Å². The van der Waals surface area contributed by atoms with E-state index < -0.39 is 0 Å². The lowest BCUT2D eigenvalue weighted by molar-refractivity contribution is 0.490. The van der Waals surface area contributed by atoms with Gasteiger partial charge in [0.1, 0.15) is 0 Å². The topological polar surface area (TPSA) is 12.0 Å². The monoisotopic (exact) mass is 131 g/mol. The van der Waals surface area contributed by atoms with E-state index in [1.807, 2.05) is 6.92 Å². The molecule has 0 aliphatic rings. The molecule has 0 atom stereocenters. The number of halogens is 1. The molecular formula is C7H14FN. The Labute approximate surface area is 56.0 Å². The molecule has 0 aromatic heterocycles. The molecule has 0 aliphatic heterocycles. The minimum Gasteiger partial charge on any atom is -0.313 e. The Balaban J connectivity index is 3.06. The largest absolute Gasteiger partial charge is 0.313 e. The first-order valence-electron chi connectivity index (χ1n) is 3.24. The highest BCUT2D eigenvalue weighted by Gasteiger charge is 1.90. The van der Waals surface area contributed by atoms with Crippen molar-refractivity contribution >= 4 is 0 Å². The molecule has 2 heteroatoms. The summed E-state index contributed by atoms with van der Waals surface area (Å²) in [5.74, 6) is 0. The summed E-state index contributed by atoms with van der Waals surface area (Å²) in [7, 11) is 0. The van der Waals surface area contributed by atoms with Crippen molar-refractivity contribution in [2.24, 2.45) is 0 Å². The third-order valence-electron chi connectivity index (χ3n) is 1.07. The first kappa shape index (κ1) is 8.63. The van der Waals surface area contributed by atoms with Crippen LogP contribution in [0.2, 0.25) is 0 Å². The molecule has 0 spiro atoms. The summed E-state index contributed by atoms with van der Waals surface area (Å²) in [6.07, 6.45) is 0.493. The molecule has 0 heterocycles. The Morgan fingerprint density at radius 2 is 2.33 bits per heavy atom. The number of hydrogen-bond acceptors (Lipinski definition) is 1. The van der Waals surface area contributed by atoms with Gasteiger partial charge in [0.2, 0.25) is 0 Å². The van der Waals surface area contributed by atoms with Crippen LogP contribution in [0.15, 0.2) is 12.2 Å². The Hall–Kier alpha value is -0.370. The van der Waals surface area contributed by atoms with Gasteiger partial charge in [0, 0.05) is 6.54 Å². The van der Waals surface area contributed by atoms with E-state index in [2.05, 4.69) is 11.9 Å². The number of likely N-dealkylation sites (N-methyl/N-ethyl adjacent to an activating group) is 1. The van der Waals surface area contributed by atoms with E-state index in [1.54, 1.807) is 0 Å². The van der Waals surface area contributed by atoms with E-state index in [4.69, 9.17) is 0 Å². The number of nitrogens with one attached hydrogen (secondary N) is 1. The molecule has 0 radical (unpaired) electrons. The summed E-state index contributed by atoms with van der Waals surface area (Å²) in [6, 6.07) is 0. The molecule has 0 bridgehead atoms. The molecule has 0 amide bonds. The van der Waals surface area contributed by atoms with E-state index in [0.717, 1.165) is 18.7 Å². The summed E-state index contributed by atoms with van der Waals surface area (Å²) < 4.78 is 11.6. The lowest BCUT2D eigenvalue weighted by Gasteiger charge is -2.01. The normalized spacial score (nSPS) is 9.56. The second kappa shape index (κ2) is 5.76. The van der Waals surface area contributed by atoms with Crippen LogP contribution in [0.4, 0.5) is 4.39 Å². The average Bonchev–Trinajstić information content (AvgIpc) is 1.85. The second-order valence-electron chi connectivity index (χ2n) is 1.97. The van der Waals surface area contributed by atoms with Crippen molar-refractivity contribution in [3.05, 3.63) is 12.2 Å². The van der Waals surface area contributed by atoms with Gasteiger partial charge in [-0.2, -0.15) is 0 Å². The molecule has 0 saturated carbocycles. The molecule has 0 aliphatic carbocycles. The molecule has 0 rings (SSSR count). The lowest BCUT2D eigenvalue weighted by Crippen LogP contribution is -2.15. The van der Waals surface area contributed by atoms with Crippen molar-refractivity contribution in [1.82, 2.24) is 5.32 Å². The Kier molecular flexibility index (Phi) is 5.52. The maximum atomic E-state index is 11.6. The Morgan fingerprint density at radius 3 is 2.78 bits per heavy atom. The third-order valence-corrected chi connectivity index (χ3v) is 1.07. The summed E-state index contributed by atoms with van der Waals surface area (Å²) in [6.45, 7) is 7.08. The van der Waals surface area contributed by atoms with Gasteiger partial charge in [0.05, 0.1) is 6.67 Å². The summed E-state index contributed by atoms with van der Waals surface area (Å²) >= 11 is 0. The lowest BCUT2D eigenvalue weighted by atomic mass is 10.2. The molecule has 9 heavy (non-hydrogen) atoms. The van der Waals surface area contributed by atoms with E-state index in [9.17, 15) is 4.39 Å². The van der Waals surface area contributed by atoms with Crippen molar-refractivity contribution in [1.29, 1.82) is 0 Å². The molecule has 0 unspecified atom stereocenters. The maximum Gasteiger partial charge on any atom is 0.0931 e. The predicted molar refractivity (Wildman–Crippen MR) is 38.3 cm³/mol. The molecule has 0 aromatic rings. The molecule has 1 N–H and O–H groups in total. The van der Waals surface area contributed by atoms with Gasteiger partial charge in [0.15, 0.2) is 0 Å². The fourth-order valence-corrected chi connectivity index (χ4v) is 0.524. The minimum absolute atomic E-state index is 0.287. The van der Waals surface area contributed by atoms with E-state index >= 15 is 0 Å². The highest BCUT2D eigenvalue weighted by atomic mass is 19.1. The van der Waals surface area contributed by atoms with Crippen molar-refractivity contribution in [2.45, 2.75) is 13.3 Å². The fourth-order valence-electron chi connectivity index (χ4n) is 0.524. The van der Waals surface area contributed by atoms with Crippen LogP contribution in [-0.4, -0.2) is 19.8 Å². The number of alkyl halides is 1. The third kappa shape index (κ3) is 5.50. The summed E-state index contributed by atoms with van der Waals surface area (Å²) in [4.78, 5) is 0. The van der Waals surface area contributed by atoms with Crippen LogP contribution in [-0.2, 0) is 0 Å². The maximum absolute atomic E-state index is 11.6. The van der Waals surface area contributed by atoms with E-state index in [0.29, 0.717) is 6.42 Å². The van der Waals surface area contributed by atoms with E-state index in [-0.39, 0.29) is 6.67 Å². The van der Waals surface area contributed by atoms with Crippen molar-refractivity contribution in [3.63, 3.8) is 0 Å². The van der Waals surface area contributed by atoms with Crippen LogP contribution in [0.25, 0.3) is 0 Å². The Morgan fingerprint density at radius 1 is 1.67 bits per heavy atom. The Bertz CT molecular complexity index is 81.0. The quantitative estimate of drug-likeness (QED) is 0.558. The van der Waals surface area contributed by atoms with Crippen LogP contribution in [0, 0.1) is 0 Å². The minimum atomic E-state index is -0.287. The fraction of sp³-hybridized carbons (Fsp3) is 0.714. The van der Waals surface area contributed by atoms with Crippen LogP contribution >= 0.6 is 0 Å². The van der Waals surface area contributed by atoms with Gasteiger partial charge in [-0.15, -0.1) is 0 Å². The van der Waals surface area contributed by atoms with Crippen molar-refractivity contribution in [2.75, 3.05) is 19.8 Å². The number of hydrogen-bond donors (Lipinski definition) is 1. The molecule has 0 aromatic carbocycles. The summed E-state index contributed by atoms with van der Waals surface area (Å²) in [5, 5.41) is 3.07. The van der Waals surface area contributed by atoms with Gasteiger partial charge in [-0.3, -0.25) is 4.39 Å². The molecule has 54 valence electrons. The van der Waals surface area contributed by atoms with Gasteiger partial charge in [0.25, 0.3) is 0 Å². The van der Waals surface area contributed by atoms with Crippen LogP contribution in [0.5, 0.6) is 0 Å². The zero-order valence-corrected chi connectivity index (χ0v) is 5.91. The van der Waals surface area contributed by atoms with Crippen molar-refractivity contribution < 1.29 is 4.39 Å². The average molecular weight is 131 g/mol. The van der Waals surface area contributed by atoms with Crippen LogP contribution in [0.1, 0.15) is 13.3 Å². The SMILES string of the molecule is C=C(CCF)CNCC. The smallest absolute Gasteiger partial charge is 0.0931 e. The van der Waals surface area contributed by atoms with Crippen molar-refractivity contribution in [3.8, 4) is 0 Å². The van der Waals surface area contributed by atoms with E-state index in [1.165, 1.54) is 0 Å². The first-order chi connectivity index (χ1) is 4.31. The van der Waals surface area contributed by atoms with Gasteiger partial charge in [-0.1, -0.05) is 19.1 Å². The van der Waals surface area contributed by atoms with Gasteiger partial charge in [-0.25, -0.2) is 0 Å².